The monoisotopic (exact) mass is 271 g/mol. The number of hydrogen-bond donors (Lipinski definition) is 0. The van der Waals surface area contributed by atoms with E-state index in [1.807, 2.05) is 0 Å². The van der Waals surface area contributed by atoms with Crippen molar-refractivity contribution in [1.29, 1.82) is 0 Å². The number of hydrogen-bond acceptors (Lipinski definition) is 2. The number of carbonyl (C=O) groups is 2. The molecule has 0 saturated heterocycles. The molecule has 0 aromatic heterocycles. The van der Waals surface area contributed by atoms with Crippen molar-refractivity contribution in [1.82, 2.24) is 4.90 Å². The molecule has 1 aromatic rings. The van der Waals surface area contributed by atoms with Crippen molar-refractivity contribution in [3.05, 3.63) is 34.1 Å². The van der Waals surface area contributed by atoms with Gasteiger partial charge in [-0.1, -0.05) is 11.6 Å². The number of ketones is 1. The number of amides is 1. The maximum atomic E-state index is 13.4. The zero-order chi connectivity index (χ0) is 13.9. The zero-order valence-electron chi connectivity index (χ0n) is 10.6. The summed E-state index contributed by atoms with van der Waals surface area (Å²) < 4.78 is 13.4. The van der Waals surface area contributed by atoms with Crippen molar-refractivity contribution < 1.29 is 14.0 Å². The molecule has 0 atom stereocenters. The quantitative estimate of drug-likeness (QED) is 0.844. The minimum atomic E-state index is -0.470. The Morgan fingerprint density at radius 3 is 2.56 bits per heavy atom. The van der Waals surface area contributed by atoms with Crippen molar-refractivity contribution in [2.75, 3.05) is 13.6 Å². The molecule has 0 aliphatic heterocycles. The summed E-state index contributed by atoms with van der Waals surface area (Å²) in [6, 6.07) is 2.55. The van der Waals surface area contributed by atoms with Gasteiger partial charge in [-0.2, -0.15) is 0 Å². The standard InChI is InChI=1S/C13H15ClFNO2/c1-8-6-11(14)10(7-12(8)15)13(18)16(3)5-4-9(2)17/h6-7H,4-5H2,1-3H3. The molecule has 0 heterocycles. The molecule has 3 nitrogen and oxygen atoms in total. The Bertz CT molecular complexity index is 488. The van der Waals surface area contributed by atoms with E-state index in [9.17, 15) is 14.0 Å². The fourth-order valence-electron chi connectivity index (χ4n) is 1.44. The summed E-state index contributed by atoms with van der Waals surface area (Å²) in [5.74, 6) is -0.862. The highest BCUT2D eigenvalue weighted by atomic mass is 35.5. The summed E-state index contributed by atoms with van der Waals surface area (Å²) in [5.41, 5.74) is 0.508. The summed E-state index contributed by atoms with van der Waals surface area (Å²) in [6.45, 7) is 3.33. The van der Waals surface area contributed by atoms with Crippen LogP contribution in [0.15, 0.2) is 12.1 Å². The van der Waals surface area contributed by atoms with Gasteiger partial charge in [-0.15, -0.1) is 0 Å². The normalized spacial score (nSPS) is 10.3. The van der Waals surface area contributed by atoms with E-state index in [-0.39, 0.29) is 28.7 Å². The lowest BCUT2D eigenvalue weighted by Crippen LogP contribution is -2.29. The topological polar surface area (TPSA) is 37.4 Å². The molecule has 1 rings (SSSR count). The third kappa shape index (κ3) is 3.53. The van der Waals surface area contributed by atoms with Crippen LogP contribution in [-0.2, 0) is 4.79 Å². The second-order valence-electron chi connectivity index (χ2n) is 4.26. The van der Waals surface area contributed by atoms with Crippen LogP contribution >= 0.6 is 11.6 Å². The predicted octanol–water partition coefficient (Wildman–Crippen LogP) is 2.84. The van der Waals surface area contributed by atoms with Crippen LogP contribution in [0.3, 0.4) is 0 Å². The first-order valence-electron chi connectivity index (χ1n) is 5.53. The fourth-order valence-corrected chi connectivity index (χ4v) is 1.74. The van der Waals surface area contributed by atoms with E-state index in [4.69, 9.17) is 11.6 Å². The Labute approximate surface area is 111 Å². The van der Waals surface area contributed by atoms with Crippen LogP contribution in [0.1, 0.15) is 29.3 Å². The minimum absolute atomic E-state index is 0.00386. The van der Waals surface area contributed by atoms with Crippen LogP contribution in [0.4, 0.5) is 4.39 Å². The Hall–Kier alpha value is -1.42. The highest BCUT2D eigenvalue weighted by Gasteiger charge is 2.17. The molecule has 0 spiro atoms. The van der Waals surface area contributed by atoms with E-state index in [0.29, 0.717) is 12.1 Å². The molecule has 98 valence electrons. The first-order valence-corrected chi connectivity index (χ1v) is 5.91. The molecule has 1 amide bonds. The molecule has 0 fully saturated rings. The van der Waals surface area contributed by atoms with Gasteiger partial charge in [0.05, 0.1) is 10.6 Å². The number of aryl methyl sites for hydroxylation is 1. The average molecular weight is 272 g/mol. The number of benzene rings is 1. The van der Waals surface area contributed by atoms with E-state index in [1.54, 1.807) is 14.0 Å². The number of Topliss-reactive ketones (excluding diaryl/α,β-unsaturated/α-hetero) is 1. The second kappa shape index (κ2) is 5.96. The van der Waals surface area contributed by atoms with Gasteiger partial charge >= 0.3 is 0 Å². The molecule has 18 heavy (non-hydrogen) atoms. The Morgan fingerprint density at radius 2 is 2.00 bits per heavy atom. The van der Waals surface area contributed by atoms with Gasteiger partial charge < -0.3 is 4.90 Å². The summed E-state index contributed by atoms with van der Waals surface area (Å²) in [7, 11) is 1.55. The van der Waals surface area contributed by atoms with Gasteiger partial charge in [0.15, 0.2) is 0 Å². The van der Waals surface area contributed by atoms with Crippen LogP contribution in [-0.4, -0.2) is 30.2 Å². The number of carbonyl (C=O) groups excluding carboxylic acids is 2. The van der Waals surface area contributed by atoms with Gasteiger partial charge in [-0.05, 0) is 31.5 Å². The maximum absolute atomic E-state index is 13.4. The summed E-state index contributed by atoms with van der Waals surface area (Å²) in [6.07, 6.45) is 0.272. The first kappa shape index (κ1) is 14.6. The van der Waals surface area contributed by atoms with Crippen LogP contribution in [0.2, 0.25) is 5.02 Å². The number of halogens is 2. The second-order valence-corrected chi connectivity index (χ2v) is 4.67. The Balaban J connectivity index is 2.90. The van der Waals surface area contributed by atoms with Crippen LogP contribution in [0.25, 0.3) is 0 Å². The highest BCUT2D eigenvalue weighted by Crippen LogP contribution is 2.21. The van der Waals surface area contributed by atoms with E-state index in [2.05, 4.69) is 0 Å². The molecule has 5 heteroatoms. The summed E-state index contributed by atoms with van der Waals surface area (Å²) >= 11 is 5.92. The lowest BCUT2D eigenvalue weighted by atomic mass is 10.1. The van der Waals surface area contributed by atoms with Crippen molar-refractivity contribution >= 4 is 23.3 Å². The van der Waals surface area contributed by atoms with Crippen molar-refractivity contribution in [2.45, 2.75) is 20.3 Å². The predicted molar refractivity (Wildman–Crippen MR) is 68.4 cm³/mol. The van der Waals surface area contributed by atoms with Gasteiger partial charge in [0.25, 0.3) is 5.91 Å². The fraction of sp³-hybridized carbons (Fsp3) is 0.385. The molecule has 0 saturated carbocycles. The van der Waals surface area contributed by atoms with Crippen molar-refractivity contribution in [2.24, 2.45) is 0 Å². The van der Waals surface area contributed by atoms with Crippen molar-refractivity contribution in [3.63, 3.8) is 0 Å². The maximum Gasteiger partial charge on any atom is 0.255 e. The first-order chi connectivity index (χ1) is 8.32. The van der Waals surface area contributed by atoms with Crippen LogP contribution < -0.4 is 0 Å². The molecule has 0 bridgehead atoms. The third-order valence-electron chi connectivity index (χ3n) is 2.62. The van der Waals surface area contributed by atoms with Crippen LogP contribution in [0.5, 0.6) is 0 Å². The smallest absolute Gasteiger partial charge is 0.255 e. The summed E-state index contributed by atoms with van der Waals surface area (Å²) in [5, 5.41) is 0.216. The molecule has 0 aliphatic rings. The van der Waals surface area contributed by atoms with Gasteiger partial charge in [-0.25, -0.2) is 4.39 Å². The van der Waals surface area contributed by atoms with Gasteiger partial charge in [0.1, 0.15) is 11.6 Å². The molecular weight excluding hydrogens is 257 g/mol. The average Bonchev–Trinajstić information content (AvgIpc) is 2.29. The Morgan fingerprint density at radius 1 is 1.39 bits per heavy atom. The van der Waals surface area contributed by atoms with Gasteiger partial charge in [0.2, 0.25) is 0 Å². The lowest BCUT2D eigenvalue weighted by molar-refractivity contribution is -0.117. The van der Waals surface area contributed by atoms with E-state index in [0.717, 1.165) is 6.07 Å². The summed E-state index contributed by atoms with van der Waals surface area (Å²) in [4.78, 5) is 24.2. The highest BCUT2D eigenvalue weighted by molar-refractivity contribution is 6.33. The van der Waals surface area contributed by atoms with Crippen LogP contribution in [0, 0.1) is 12.7 Å². The minimum Gasteiger partial charge on any atom is -0.341 e. The molecule has 0 N–H and O–H groups in total. The van der Waals surface area contributed by atoms with E-state index in [1.165, 1.54) is 17.9 Å². The third-order valence-corrected chi connectivity index (χ3v) is 2.94. The van der Waals surface area contributed by atoms with Gasteiger partial charge in [0, 0.05) is 20.0 Å². The molecule has 0 unspecified atom stereocenters. The lowest BCUT2D eigenvalue weighted by Gasteiger charge is -2.17. The largest absolute Gasteiger partial charge is 0.341 e. The number of nitrogens with zero attached hydrogens (tertiary/aromatic N) is 1. The molecular formula is C13H15ClFNO2. The van der Waals surface area contributed by atoms with Gasteiger partial charge in [-0.3, -0.25) is 9.59 Å². The SMILES string of the molecule is CC(=O)CCN(C)C(=O)c1cc(F)c(C)cc1Cl. The van der Waals surface area contributed by atoms with E-state index >= 15 is 0 Å². The van der Waals surface area contributed by atoms with E-state index < -0.39 is 5.82 Å². The molecule has 0 aliphatic carbocycles. The van der Waals surface area contributed by atoms with Crippen molar-refractivity contribution in [3.8, 4) is 0 Å². The molecule has 0 radical (unpaired) electrons. The Kier molecular flexibility index (Phi) is 4.84. The number of rotatable bonds is 4. The molecule has 1 aromatic carbocycles. The zero-order valence-corrected chi connectivity index (χ0v) is 11.3.